The molecule has 3 aromatic rings. The van der Waals surface area contributed by atoms with E-state index in [9.17, 15) is 0 Å². The molecule has 0 amide bonds. The Morgan fingerprint density at radius 3 is 3.00 bits per heavy atom. The van der Waals surface area contributed by atoms with E-state index in [0.717, 1.165) is 51.1 Å². The first kappa shape index (κ1) is 15.4. The highest BCUT2D eigenvalue weighted by atomic mass is 32.1. The summed E-state index contributed by atoms with van der Waals surface area (Å²) in [5.41, 5.74) is 3.01. The molecule has 4 rings (SSSR count). The Hall–Kier alpha value is -2.12. The third-order valence-electron chi connectivity index (χ3n) is 3.72. The van der Waals surface area contributed by atoms with Crippen LogP contribution in [0, 0.1) is 0 Å². The van der Waals surface area contributed by atoms with Crippen molar-refractivity contribution in [3.05, 3.63) is 41.3 Å². The highest BCUT2D eigenvalue weighted by molar-refractivity contribution is 7.23. The number of aromatic nitrogens is 3. The molecule has 0 saturated heterocycles. The molecule has 0 bridgehead atoms. The van der Waals surface area contributed by atoms with Crippen LogP contribution in [0.2, 0.25) is 0 Å². The van der Waals surface area contributed by atoms with Crippen molar-refractivity contribution in [2.45, 2.75) is 26.2 Å². The van der Waals surface area contributed by atoms with Crippen molar-refractivity contribution in [2.24, 2.45) is 5.16 Å². The molecule has 3 aromatic heterocycles. The molecule has 0 atom stereocenters. The molecule has 1 aliphatic carbocycles. The van der Waals surface area contributed by atoms with E-state index in [4.69, 9.17) is 9.82 Å². The molecule has 0 radical (unpaired) electrons. The van der Waals surface area contributed by atoms with Crippen LogP contribution in [-0.2, 0) is 11.3 Å². The molecular formula is C17H16N4OS2. The number of thiazole rings is 2. The van der Waals surface area contributed by atoms with Crippen molar-refractivity contribution in [3.63, 3.8) is 0 Å². The highest BCUT2D eigenvalue weighted by Gasteiger charge is 2.23. The third-order valence-corrected chi connectivity index (χ3v) is 6.05. The van der Waals surface area contributed by atoms with Gasteiger partial charge < -0.3 is 4.84 Å². The molecule has 3 heterocycles. The van der Waals surface area contributed by atoms with Gasteiger partial charge in [-0.2, -0.15) is 0 Å². The van der Waals surface area contributed by atoms with E-state index >= 15 is 0 Å². The SMILES string of the molecule is CCO/N=C1\CCCc2sc(-c3cnc(-c4cccnc4)s3)nc21. The highest BCUT2D eigenvalue weighted by Crippen LogP contribution is 2.37. The van der Waals surface area contributed by atoms with Crippen LogP contribution in [0.4, 0.5) is 0 Å². The van der Waals surface area contributed by atoms with Crippen LogP contribution in [-0.4, -0.2) is 27.3 Å². The summed E-state index contributed by atoms with van der Waals surface area (Å²) in [4.78, 5) is 21.1. The summed E-state index contributed by atoms with van der Waals surface area (Å²) in [6.07, 6.45) is 8.60. The van der Waals surface area contributed by atoms with E-state index < -0.39 is 0 Å². The molecule has 0 aliphatic heterocycles. The molecule has 0 unspecified atom stereocenters. The van der Waals surface area contributed by atoms with E-state index in [1.807, 2.05) is 31.5 Å². The van der Waals surface area contributed by atoms with Crippen LogP contribution < -0.4 is 0 Å². The topological polar surface area (TPSA) is 60.3 Å². The number of hydrogen-bond acceptors (Lipinski definition) is 7. The van der Waals surface area contributed by atoms with Crippen LogP contribution in [0.5, 0.6) is 0 Å². The maximum Gasteiger partial charge on any atom is 0.136 e. The standard InChI is InChI=1S/C17H16N4OS2/c1-2-22-21-12-6-3-7-13-15(12)20-17(23-13)14-10-19-16(24-14)11-5-4-8-18-9-11/h4-5,8-10H,2-3,6-7H2,1H3/b21-12+. The van der Waals surface area contributed by atoms with Gasteiger partial charge >= 0.3 is 0 Å². The van der Waals surface area contributed by atoms with E-state index in [1.165, 1.54) is 4.88 Å². The number of nitrogens with zero attached hydrogens (tertiary/aromatic N) is 4. The fraction of sp³-hybridized carbons (Fsp3) is 0.294. The van der Waals surface area contributed by atoms with Crippen molar-refractivity contribution in [2.75, 3.05) is 6.61 Å². The van der Waals surface area contributed by atoms with Crippen molar-refractivity contribution >= 4 is 28.4 Å². The molecule has 0 aromatic carbocycles. The Labute approximate surface area is 148 Å². The van der Waals surface area contributed by atoms with E-state index in [2.05, 4.69) is 15.1 Å². The molecule has 24 heavy (non-hydrogen) atoms. The second-order valence-electron chi connectivity index (χ2n) is 5.37. The summed E-state index contributed by atoms with van der Waals surface area (Å²) >= 11 is 3.39. The summed E-state index contributed by atoms with van der Waals surface area (Å²) in [6, 6.07) is 3.95. The lowest BCUT2D eigenvalue weighted by Gasteiger charge is -2.10. The number of hydrogen-bond donors (Lipinski definition) is 0. The fourth-order valence-electron chi connectivity index (χ4n) is 2.61. The zero-order chi connectivity index (χ0) is 16.4. The number of fused-ring (bicyclic) bond motifs is 1. The Kier molecular flexibility index (Phi) is 4.36. The zero-order valence-corrected chi connectivity index (χ0v) is 14.9. The Bertz CT molecular complexity index is 870. The first-order valence-electron chi connectivity index (χ1n) is 7.90. The van der Waals surface area contributed by atoms with Gasteiger partial charge in [0.25, 0.3) is 0 Å². The maximum atomic E-state index is 5.24. The van der Waals surface area contributed by atoms with Gasteiger partial charge in [-0.15, -0.1) is 22.7 Å². The molecule has 7 heteroatoms. The Morgan fingerprint density at radius 1 is 1.21 bits per heavy atom. The van der Waals surface area contributed by atoms with Gasteiger partial charge in [-0.3, -0.25) is 4.98 Å². The van der Waals surface area contributed by atoms with Gasteiger partial charge in [0.05, 0.1) is 4.88 Å². The van der Waals surface area contributed by atoms with Gasteiger partial charge in [-0.1, -0.05) is 5.16 Å². The monoisotopic (exact) mass is 356 g/mol. The average molecular weight is 356 g/mol. The number of oxime groups is 1. The predicted octanol–water partition coefficient (Wildman–Crippen LogP) is 4.41. The molecule has 0 N–H and O–H groups in total. The lowest BCUT2D eigenvalue weighted by Crippen LogP contribution is -2.11. The molecule has 1 aliphatic rings. The van der Waals surface area contributed by atoms with Gasteiger partial charge in [0.1, 0.15) is 28.0 Å². The van der Waals surface area contributed by atoms with Crippen molar-refractivity contribution in [3.8, 4) is 20.5 Å². The molecular weight excluding hydrogens is 340 g/mol. The zero-order valence-electron chi connectivity index (χ0n) is 13.2. The smallest absolute Gasteiger partial charge is 0.136 e. The van der Waals surface area contributed by atoms with Crippen LogP contribution in [0.3, 0.4) is 0 Å². The van der Waals surface area contributed by atoms with Crippen molar-refractivity contribution in [1.29, 1.82) is 0 Å². The predicted molar refractivity (Wildman–Crippen MR) is 97.6 cm³/mol. The van der Waals surface area contributed by atoms with E-state index in [-0.39, 0.29) is 0 Å². The van der Waals surface area contributed by atoms with Crippen LogP contribution in [0.15, 0.2) is 35.9 Å². The number of pyridine rings is 1. The van der Waals surface area contributed by atoms with Gasteiger partial charge in [0.15, 0.2) is 0 Å². The molecule has 122 valence electrons. The fourth-order valence-corrected chi connectivity index (χ4v) is 4.68. The maximum absolute atomic E-state index is 5.24. The minimum Gasteiger partial charge on any atom is -0.396 e. The first-order chi connectivity index (χ1) is 11.8. The lowest BCUT2D eigenvalue weighted by atomic mass is 10.0. The Morgan fingerprint density at radius 2 is 2.17 bits per heavy atom. The van der Waals surface area contributed by atoms with Crippen molar-refractivity contribution < 1.29 is 4.84 Å². The third kappa shape index (κ3) is 2.97. The largest absolute Gasteiger partial charge is 0.396 e. The molecule has 5 nitrogen and oxygen atoms in total. The quantitative estimate of drug-likeness (QED) is 0.650. The second kappa shape index (κ2) is 6.78. The van der Waals surface area contributed by atoms with Crippen LogP contribution in [0.1, 0.15) is 30.3 Å². The normalized spacial score (nSPS) is 15.5. The van der Waals surface area contributed by atoms with Gasteiger partial charge in [-0.05, 0) is 38.3 Å². The summed E-state index contributed by atoms with van der Waals surface area (Å²) in [7, 11) is 0. The minimum atomic E-state index is 0.582. The van der Waals surface area contributed by atoms with Crippen LogP contribution in [0.25, 0.3) is 20.5 Å². The average Bonchev–Trinajstić information content (AvgIpc) is 3.27. The van der Waals surface area contributed by atoms with E-state index in [1.54, 1.807) is 28.9 Å². The van der Waals surface area contributed by atoms with Crippen LogP contribution >= 0.6 is 22.7 Å². The van der Waals surface area contributed by atoms with E-state index in [0.29, 0.717) is 6.61 Å². The number of aryl methyl sites for hydroxylation is 1. The van der Waals surface area contributed by atoms with Gasteiger partial charge in [0.2, 0.25) is 0 Å². The molecule has 0 fully saturated rings. The van der Waals surface area contributed by atoms with Gasteiger partial charge in [0, 0.05) is 29.0 Å². The first-order valence-corrected chi connectivity index (χ1v) is 9.54. The number of rotatable bonds is 4. The minimum absolute atomic E-state index is 0.582. The van der Waals surface area contributed by atoms with Gasteiger partial charge in [-0.25, -0.2) is 9.97 Å². The summed E-state index contributed by atoms with van der Waals surface area (Å²) in [6.45, 7) is 2.52. The summed E-state index contributed by atoms with van der Waals surface area (Å²) in [5.74, 6) is 0. The summed E-state index contributed by atoms with van der Waals surface area (Å²) < 4.78 is 0. The Balaban J connectivity index is 1.67. The molecule has 0 saturated carbocycles. The van der Waals surface area contributed by atoms with Crippen molar-refractivity contribution in [1.82, 2.24) is 15.0 Å². The lowest BCUT2D eigenvalue weighted by molar-refractivity contribution is 0.158. The molecule has 0 spiro atoms. The second-order valence-corrected chi connectivity index (χ2v) is 7.49. The summed E-state index contributed by atoms with van der Waals surface area (Å²) in [5, 5.41) is 6.22.